The molecule has 2 aromatic rings. The molecule has 0 unspecified atom stereocenters. The lowest BCUT2D eigenvalue weighted by atomic mass is 10.1. The van der Waals surface area contributed by atoms with E-state index in [1.54, 1.807) is 0 Å². The van der Waals surface area contributed by atoms with E-state index in [0.29, 0.717) is 18.0 Å². The summed E-state index contributed by atoms with van der Waals surface area (Å²) in [7, 11) is 0. The highest BCUT2D eigenvalue weighted by atomic mass is 35.5. The van der Waals surface area contributed by atoms with Gasteiger partial charge in [0.05, 0.1) is 0 Å². The van der Waals surface area contributed by atoms with Crippen molar-refractivity contribution in [3.8, 4) is 0 Å². The summed E-state index contributed by atoms with van der Waals surface area (Å²) in [5.74, 6) is -0.282. The molecule has 0 aromatic heterocycles. The minimum atomic E-state index is -0.282. The van der Waals surface area contributed by atoms with Crippen molar-refractivity contribution in [2.75, 3.05) is 4.90 Å². The van der Waals surface area contributed by atoms with Crippen LogP contribution in [0, 0.1) is 0 Å². The van der Waals surface area contributed by atoms with Crippen LogP contribution < -0.4 is 10.6 Å². The van der Waals surface area contributed by atoms with E-state index in [9.17, 15) is 4.79 Å². The fourth-order valence-corrected chi connectivity index (χ4v) is 2.81. The molecule has 0 radical (unpaired) electrons. The Balaban J connectivity index is 1.92. The van der Waals surface area contributed by atoms with Crippen LogP contribution in [0.5, 0.6) is 0 Å². The molecule has 20 heavy (non-hydrogen) atoms. The molecule has 2 aromatic carbocycles. The molecular formula is C16H15ClN2O. The molecule has 0 aliphatic carbocycles. The lowest BCUT2D eigenvalue weighted by molar-refractivity contribution is -0.119. The first-order valence-electron chi connectivity index (χ1n) is 6.53. The molecule has 1 aliphatic rings. The van der Waals surface area contributed by atoms with Gasteiger partial charge in [0.1, 0.15) is 6.04 Å². The van der Waals surface area contributed by atoms with Crippen LogP contribution in [0.2, 0.25) is 5.02 Å². The van der Waals surface area contributed by atoms with E-state index >= 15 is 0 Å². The average molecular weight is 287 g/mol. The molecule has 3 nitrogen and oxygen atoms in total. The zero-order valence-corrected chi connectivity index (χ0v) is 11.7. The van der Waals surface area contributed by atoms with Crippen LogP contribution in [-0.2, 0) is 17.8 Å². The van der Waals surface area contributed by atoms with Crippen molar-refractivity contribution >= 4 is 23.2 Å². The predicted molar refractivity (Wildman–Crippen MR) is 80.8 cm³/mol. The molecule has 0 spiro atoms. The number of hydrogen-bond donors (Lipinski definition) is 1. The molecule has 4 heteroatoms. The largest absolute Gasteiger partial charge is 0.368 e. The molecule has 0 fully saturated rings. The van der Waals surface area contributed by atoms with Gasteiger partial charge in [-0.25, -0.2) is 0 Å². The van der Waals surface area contributed by atoms with Gasteiger partial charge in [0.2, 0.25) is 5.91 Å². The first-order valence-corrected chi connectivity index (χ1v) is 6.91. The minimum Gasteiger partial charge on any atom is -0.368 e. The Morgan fingerprint density at radius 1 is 1.20 bits per heavy atom. The van der Waals surface area contributed by atoms with E-state index in [0.717, 1.165) is 11.3 Å². The highest BCUT2D eigenvalue weighted by Gasteiger charge is 2.32. The molecule has 1 heterocycles. The van der Waals surface area contributed by atoms with Gasteiger partial charge < -0.3 is 10.6 Å². The molecule has 102 valence electrons. The summed E-state index contributed by atoms with van der Waals surface area (Å²) in [5, 5.41) is 0.710. The molecular weight excluding hydrogens is 272 g/mol. The summed E-state index contributed by atoms with van der Waals surface area (Å²) in [6.07, 6.45) is 0.680. The third-order valence-corrected chi connectivity index (χ3v) is 3.94. The summed E-state index contributed by atoms with van der Waals surface area (Å²) in [5.41, 5.74) is 8.91. The smallest absolute Gasteiger partial charge is 0.240 e. The Hall–Kier alpha value is -2.00. The highest BCUT2D eigenvalue weighted by molar-refractivity contribution is 6.30. The Labute approximate surface area is 123 Å². The Kier molecular flexibility index (Phi) is 3.36. The zero-order valence-electron chi connectivity index (χ0n) is 10.9. The lowest BCUT2D eigenvalue weighted by Gasteiger charge is -2.25. The van der Waals surface area contributed by atoms with E-state index in [1.807, 2.05) is 48.5 Å². The standard InChI is InChI=1S/C16H15ClN2O/c17-13-7-5-11(6-8-13)10-19-14-4-2-1-3-12(14)9-15(19)16(18)20/h1-8,15H,9-10H2,(H2,18,20)/t15-/m0/s1. The summed E-state index contributed by atoms with van der Waals surface area (Å²) < 4.78 is 0. The van der Waals surface area contributed by atoms with E-state index < -0.39 is 0 Å². The number of fused-ring (bicyclic) bond motifs is 1. The second-order valence-corrected chi connectivity index (χ2v) is 5.44. The Morgan fingerprint density at radius 2 is 1.90 bits per heavy atom. The normalized spacial score (nSPS) is 17.1. The highest BCUT2D eigenvalue weighted by Crippen LogP contribution is 2.33. The van der Waals surface area contributed by atoms with Gasteiger partial charge in [-0.2, -0.15) is 0 Å². The van der Waals surface area contributed by atoms with E-state index in [-0.39, 0.29) is 11.9 Å². The van der Waals surface area contributed by atoms with Crippen LogP contribution in [0.25, 0.3) is 0 Å². The number of para-hydroxylation sites is 1. The van der Waals surface area contributed by atoms with Crippen molar-refractivity contribution in [1.82, 2.24) is 0 Å². The molecule has 0 saturated heterocycles. The zero-order chi connectivity index (χ0) is 14.1. The van der Waals surface area contributed by atoms with Crippen molar-refractivity contribution in [2.45, 2.75) is 19.0 Å². The van der Waals surface area contributed by atoms with Crippen molar-refractivity contribution in [1.29, 1.82) is 0 Å². The van der Waals surface area contributed by atoms with Gasteiger partial charge >= 0.3 is 0 Å². The minimum absolute atomic E-state index is 0.275. The molecule has 1 atom stereocenters. The van der Waals surface area contributed by atoms with Gasteiger partial charge in [0.25, 0.3) is 0 Å². The topological polar surface area (TPSA) is 46.3 Å². The van der Waals surface area contributed by atoms with Crippen molar-refractivity contribution in [3.63, 3.8) is 0 Å². The van der Waals surface area contributed by atoms with Crippen LogP contribution in [0.3, 0.4) is 0 Å². The summed E-state index contributed by atoms with van der Waals surface area (Å²) in [6.45, 7) is 0.655. The quantitative estimate of drug-likeness (QED) is 0.943. The maximum absolute atomic E-state index is 11.7. The molecule has 1 aliphatic heterocycles. The lowest BCUT2D eigenvalue weighted by Crippen LogP contribution is -2.42. The molecule has 1 amide bonds. The number of halogens is 1. The number of carbonyl (C=O) groups is 1. The second-order valence-electron chi connectivity index (χ2n) is 5.01. The van der Waals surface area contributed by atoms with E-state index in [4.69, 9.17) is 17.3 Å². The first-order chi connectivity index (χ1) is 9.65. The fourth-order valence-electron chi connectivity index (χ4n) is 2.69. The Morgan fingerprint density at radius 3 is 2.60 bits per heavy atom. The second kappa shape index (κ2) is 5.17. The third-order valence-electron chi connectivity index (χ3n) is 3.69. The molecule has 3 rings (SSSR count). The van der Waals surface area contributed by atoms with Crippen LogP contribution in [0.4, 0.5) is 5.69 Å². The number of carbonyl (C=O) groups excluding carboxylic acids is 1. The van der Waals surface area contributed by atoms with Crippen LogP contribution in [-0.4, -0.2) is 11.9 Å². The monoisotopic (exact) mass is 286 g/mol. The number of nitrogens with two attached hydrogens (primary N) is 1. The maximum atomic E-state index is 11.7. The van der Waals surface area contributed by atoms with Gasteiger partial charge in [-0.3, -0.25) is 4.79 Å². The van der Waals surface area contributed by atoms with Crippen LogP contribution >= 0.6 is 11.6 Å². The van der Waals surface area contributed by atoms with Crippen molar-refractivity contribution < 1.29 is 4.79 Å². The number of benzene rings is 2. The number of anilines is 1. The van der Waals surface area contributed by atoms with E-state index in [2.05, 4.69) is 4.90 Å². The number of rotatable bonds is 3. The third kappa shape index (κ3) is 2.37. The first kappa shape index (κ1) is 13.0. The number of hydrogen-bond acceptors (Lipinski definition) is 2. The maximum Gasteiger partial charge on any atom is 0.240 e. The summed E-state index contributed by atoms with van der Waals surface area (Å²) in [4.78, 5) is 13.8. The average Bonchev–Trinajstić information content (AvgIpc) is 2.81. The molecule has 0 bridgehead atoms. The summed E-state index contributed by atoms with van der Waals surface area (Å²) in [6, 6.07) is 15.4. The van der Waals surface area contributed by atoms with Crippen molar-refractivity contribution in [2.24, 2.45) is 5.73 Å². The number of amides is 1. The van der Waals surface area contributed by atoms with Crippen LogP contribution in [0.1, 0.15) is 11.1 Å². The van der Waals surface area contributed by atoms with Gasteiger partial charge in [-0.15, -0.1) is 0 Å². The van der Waals surface area contributed by atoms with Gasteiger partial charge in [-0.05, 0) is 29.3 Å². The Bertz CT molecular complexity index is 639. The molecule has 2 N–H and O–H groups in total. The number of nitrogens with zero attached hydrogens (tertiary/aromatic N) is 1. The fraction of sp³-hybridized carbons (Fsp3) is 0.188. The van der Waals surface area contributed by atoms with Crippen molar-refractivity contribution in [3.05, 3.63) is 64.7 Å². The summed E-state index contributed by atoms with van der Waals surface area (Å²) >= 11 is 5.90. The van der Waals surface area contributed by atoms with Gasteiger partial charge in [0, 0.05) is 23.7 Å². The van der Waals surface area contributed by atoms with Crippen LogP contribution in [0.15, 0.2) is 48.5 Å². The molecule has 0 saturated carbocycles. The predicted octanol–water partition coefficient (Wildman–Crippen LogP) is 2.76. The van der Waals surface area contributed by atoms with E-state index in [1.165, 1.54) is 5.56 Å². The van der Waals surface area contributed by atoms with Gasteiger partial charge in [-0.1, -0.05) is 41.9 Å². The number of primary amides is 1. The van der Waals surface area contributed by atoms with Gasteiger partial charge in [0.15, 0.2) is 0 Å². The SMILES string of the molecule is NC(=O)[C@@H]1Cc2ccccc2N1Cc1ccc(Cl)cc1.